The van der Waals surface area contributed by atoms with Gasteiger partial charge >= 0.3 is 0 Å². The second-order valence-corrected chi connectivity index (χ2v) is 8.05. The lowest BCUT2D eigenvalue weighted by Gasteiger charge is -2.37. The highest BCUT2D eigenvalue weighted by atomic mass is 32.1. The Kier molecular flexibility index (Phi) is 5.58. The molecule has 0 aliphatic carbocycles. The molecule has 0 radical (unpaired) electrons. The Hall–Kier alpha value is -2.86. The molecule has 2 aromatic heterocycles. The van der Waals surface area contributed by atoms with E-state index in [-0.39, 0.29) is 5.91 Å². The van der Waals surface area contributed by atoms with Gasteiger partial charge in [-0.05, 0) is 48.2 Å². The molecule has 0 unspecified atom stereocenters. The van der Waals surface area contributed by atoms with E-state index in [2.05, 4.69) is 51.3 Å². The van der Waals surface area contributed by atoms with Crippen LogP contribution in [0.1, 0.15) is 10.4 Å². The van der Waals surface area contributed by atoms with E-state index in [4.69, 9.17) is 0 Å². The predicted octanol–water partition coefficient (Wildman–Crippen LogP) is 3.96. The Balaban J connectivity index is 1.31. The van der Waals surface area contributed by atoms with Gasteiger partial charge in [0.1, 0.15) is 5.82 Å². The number of carbonyl (C=O) groups excluding carboxylic acids is 1. The molecular formula is C22H24N4OS. The number of aryl methyl sites for hydroxylation is 1. The van der Waals surface area contributed by atoms with Gasteiger partial charge in [0.15, 0.2) is 0 Å². The highest BCUT2D eigenvalue weighted by Crippen LogP contribution is 2.21. The van der Waals surface area contributed by atoms with Crippen molar-refractivity contribution in [3.63, 3.8) is 0 Å². The Bertz CT molecular complexity index is 916. The van der Waals surface area contributed by atoms with E-state index in [0.717, 1.165) is 36.7 Å². The van der Waals surface area contributed by atoms with Crippen molar-refractivity contribution in [2.75, 3.05) is 41.3 Å². The number of rotatable bonds is 5. The first-order valence-corrected chi connectivity index (χ1v) is 10.4. The molecule has 1 N–H and O–H groups in total. The number of hydrogen-bond donors (Lipinski definition) is 1. The molecule has 1 aromatic carbocycles. The van der Waals surface area contributed by atoms with Crippen molar-refractivity contribution < 1.29 is 4.79 Å². The molecule has 0 bridgehead atoms. The van der Waals surface area contributed by atoms with E-state index in [1.54, 1.807) is 11.3 Å². The Morgan fingerprint density at radius 3 is 2.46 bits per heavy atom. The number of pyridine rings is 1. The number of anilines is 3. The van der Waals surface area contributed by atoms with Crippen LogP contribution in [-0.4, -0.2) is 37.1 Å². The van der Waals surface area contributed by atoms with E-state index in [1.807, 2.05) is 35.8 Å². The molecule has 3 heterocycles. The van der Waals surface area contributed by atoms with Crippen molar-refractivity contribution in [1.29, 1.82) is 0 Å². The number of hydrogen-bond acceptors (Lipinski definition) is 5. The van der Waals surface area contributed by atoms with Crippen LogP contribution in [0, 0.1) is 6.92 Å². The van der Waals surface area contributed by atoms with E-state index >= 15 is 0 Å². The second-order valence-electron chi connectivity index (χ2n) is 7.02. The lowest BCUT2D eigenvalue weighted by molar-refractivity contribution is -0.115. The maximum Gasteiger partial charge on any atom is 0.230 e. The standard InChI is InChI=1S/C22H24N4OS/c1-17-4-2-5-18(14-17)25-9-11-26(12-10-25)19-7-8-21(23-16-19)24-22(27)15-20-6-3-13-28-20/h2-8,13-14,16H,9-12,15H2,1H3,(H,23,24,27). The van der Waals surface area contributed by atoms with Crippen molar-refractivity contribution in [2.45, 2.75) is 13.3 Å². The molecule has 1 aliphatic heterocycles. The predicted molar refractivity (Wildman–Crippen MR) is 116 cm³/mol. The summed E-state index contributed by atoms with van der Waals surface area (Å²) >= 11 is 1.59. The summed E-state index contributed by atoms with van der Waals surface area (Å²) in [5, 5.41) is 4.85. The van der Waals surface area contributed by atoms with Gasteiger partial charge in [-0.15, -0.1) is 11.3 Å². The molecule has 0 atom stereocenters. The molecule has 0 saturated carbocycles. The average molecular weight is 393 g/mol. The SMILES string of the molecule is Cc1cccc(N2CCN(c3ccc(NC(=O)Cc4cccs4)nc3)CC2)c1. The first kappa shape index (κ1) is 18.5. The van der Waals surface area contributed by atoms with Crippen molar-refractivity contribution in [3.8, 4) is 0 Å². The van der Waals surface area contributed by atoms with E-state index < -0.39 is 0 Å². The van der Waals surface area contributed by atoms with Crippen LogP contribution >= 0.6 is 11.3 Å². The van der Waals surface area contributed by atoms with Crippen LogP contribution in [0.4, 0.5) is 17.2 Å². The zero-order valence-corrected chi connectivity index (χ0v) is 16.8. The normalized spacial score (nSPS) is 14.2. The third kappa shape index (κ3) is 4.51. The summed E-state index contributed by atoms with van der Waals surface area (Å²) in [6, 6.07) is 16.5. The van der Waals surface area contributed by atoms with Crippen molar-refractivity contribution in [3.05, 3.63) is 70.5 Å². The number of piperazine rings is 1. The van der Waals surface area contributed by atoms with Crippen LogP contribution in [-0.2, 0) is 11.2 Å². The smallest absolute Gasteiger partial charge is 0.230 e. The van der Waals surface area contributed by atoms with E-state index in [0.29, 0.717) is 12.2 Å². The molecule has 28 heavy (non-hydrogen) atoms. The molecular weight excluding hydrogens is 368 g/mol. The number of nitrogens with one attached hydrogen (secondary N) is 1. The average Bonchev–Trinajstić information content (AvgIpc) is 3.21. The molecule has 1 fully saturated rings. The fourth-order valence-corrected chi connectivity index (χ4v) is 4.16. The molecule has 3 aromatic rings. The first-order valence-electron chi connectivity index (χ1n) is 9.52. The molecule has 1 aliphatic rings. The summed E-state index contributed by atoms with van der Waals surface area (Å²) in [5.74, 6) is 0.568. The van der Waals surface area contributed by atoms with E-state index in [1.165, 1.54) is 11.3 Å². The van der Waals surface area contributed by atoms with Crippen LogP contribution in [0.15, 0.2) is 60.1 Å². The van der Waals surface area contributed by atoms with E-state index in [9.17, 15) is 4.79 Å². The number of nitrogens with zero attached hydrogens (tertiary/aromatic N) is 3. The maximum absolute atomic E-state index is 12.1. The summed E-state index contributed by atoms with van der Waals surface area (Å²) < 4.78 is 0. The summed E-state index contributed by atoms with van der Waals surface area (Å²) in [6.07, 6.45) is 2.24. The van der Waals surface area contributed by atoms with Crippen LogP contribution in [0.5, 0.6) is 0 Å². The van der Waals surface area contributed by atoms with Crippen molar-refractivity contribution >= 4 is 34.4 Å². The van der Waals surface area contributed by atoms with Gasteiger partial charge in [-0.25, -0.2) is 4.98 Å². The monoisotopic (exact) mass is 392 g/mol. The van der Waals surface area contributed by atoms with Crippen LogP contribution in [0.25, 0.3) is 0 Å². The Morgan fingerprint density at radius 2 is 1.82 bits per heavy atom. The summed E-state index contributed by atoms with van der Waals surface area (Å²) in [4.78, 5) is 22.4. The zero-order valence-electron chi connectivity index (χ0n) is 16.0. The van der Waals surface area contributed by atoms with Gasteiger partial charge in [-0.2, -0.15) is 0 Å². The minimum absolute atomic E-state index is 0.0329. The minimum atomic E-state index is -0.0329. The Labute approximate surface area is 169 Å². The number of thiophene rings is 1. The van der Waals surface area contributed by atoms with Gasteiger partial charge in [-0.3, -0.25) is 4.79 Å². The van der Waals surface area contributed by atoms with Gasteiger partial charge in [0.2, 0.25) is 5.91 Å². The summed E-state index contributed by atoms with van der Waals surface area (Å²) in [7, 11) is 0. The van der Waals surface area contributed by atoms with Crippen molar-refractivity contribution in [2.24, 2.45) is 0 Å². The highest BCUT2D eigenvalue weighted by molar-refractivity contribution is 7.10. The number of amides is 1. The van der Waals surface area contributed by atoms with Gasteiger partial charge in [-0.1, -0.05) is 18.2 Å². The molecule has 4 rings (SSSR count). The zero-order chi connectivity index (χ0) is 19.3. The summed E-state index contributed by atoms with van der Waals surface area (Å²) in [5.41, 5.74) is 3.68. The maximum atomic E-state index is 12.1. The second kappa shape index (κ2) is 8.44. The van der Waals surface area contributed by atoms with Crippen LogP contribution in [0.2, 0.25) is 0 Å². The number of benzene rings is 1. The molecule has 6 heteroatoms. The number of aromatic nitrogens is 1. The topological polar surface area (TPSA) is 48.5 Å². The molecule has 1 amide bonds. The van der Waals surface area contributed by atoms with Crippen LogP contribution in [0.3, 0.4) is 0 Å². The Morgan fingerprint density at radius 1 is 1.04 bits per heavy atom. The number of carbonyl (C=O) groups is 1. The van der Waals surface area contributed by atoms with Gasteiger partial charge in [0, 0.05) is 36.7 Å². The molecule has 1 saturated heterocycles. The lowest BCUT2D eigenvalue weighted by Crippen LogP contribution is -2.46. The summed E-state index contributed by atoms with van der Waals surface area (Å²) in [6.45, 7) is 6.02. The largest absolute Gasteiger partial charge is 0.368 e. The fraction of sp³-hybridized carbons (Fsp3) is 0.273. The quantitative estimate of drug-likeness (QED) is 0.714. The highest BCUT2D eigenvalue weighted by Gasteiger charge is 2.18. The molecule has 5 nitrogen and oxygen atoms in total. The third-order valence-electron chi connectivity index (χ3n) is 4.94. The molecule has 144 valence electrons. The van der Waals surface area contributed by atoms with Gasteiger partial charge in [0.05, 0.1) is 18.3 Å². The fourth-order valence-electron chi connectivity index (χ4n) is 3.45. The van der Waals surface area contributed by atoms with Gasteiger partial charge in [0.25, 0.3) is 0 Å². The van der Waals surface area contributed by atoms with Crippen LogP contribution < -0.4 is 15.1 Å². The van der Waals surface area contributed by atoms with Crippen molar-refractivity contribution in [1.82, 2.24) is 4.98 Å². The minimum Gasteiger partial charge on any atom is -0.368 e. The third-order valence-corrected chi connectivity index (χ3v) is 5.82. The lowest BCUT2D eigenvalue weighted by atomic mass is 10.2. The first-order chi connectivity index (χ1) is 13.7. The molecule has 0 spiro atoms. The van der Waals surface area contributed by atoms with Gasteiger partial charge < -0.3 is 15.1 Å².